The lowest BCUT2D eigenvalue weighted by molar-refractivity contribution is 0.782. The summed E-state index contributed by atoms with van der Waals surface area (Å²) in [4.78, 5) is 4.24. The lowest BCUT2D eigenvalue weighted by Crippen LogP contribution is -2.07. The maximum Gasteiger partial charge on any atom is 0.138 e. The minimum atomic E-state index is 0.745. The van der Waals surface area contributed by atoms with Crippen molar-refractivity contribution in [2.45, 2.75) is 6.54 Å². The van der Waals surface area contributed by atoms with E-state index in [4.69, 9.17) is 5.73 Å². The van der Waals surface area contributed by atoms with Gasteiger partial charge in [-0.25, -0.2) is 4.98 Å². The fourth-order valence-corrected chi connectivity index (χ4v) is 1.36. The Morgan fingerprint density at radius 2 is 2.46 bits per heavy atom. The summed E-state index contributed by atoms with van der Waals surface area (Å²) >= 11 is 0. The van der Waals surface area contributed by atoms with Gasteiger partial charge < -0.3 is 15.5 Å². The van der Waals surface area contributed by atoms with Crippen molar-refractivity contribution in [1.29, 1.82) is 0 Å². The monoisotopic (exact) mass is 176 g/mol. The molecule has 0 amide bonds. The number of nitrogens with one attached hydrogen (secondary N) is 1. The third-order valence-corrected chi connectivity index (χ3v) is 1.97. The molecule has 2 rings (SSSR count). The highest BCUT2D eigenvalue weighted by Gasteiger charge is 2.00. The largest absolute Gasteiger partial charge is 0.399 e. The molecule has 4 heteroatoms. The number of hydrogen-bond acceptors (Lipinski definition) is 3. The van der Waals surface area contributed by atoms with Crippen molar-refractivity contribution < 1.29 is 0 Å². The van der Waals surface area contributed by atoms with E-state index in [1.54, 1.807) is 0 Å². The first-order valence-electron chi connectivity index (χ1n) is 4.17. The van der Waals surface area contributed by atoms with Crippen LogP contribution in [0.2, 0.25) is 0 Å². The second-order valence-electron chi connectivity index (χ2n) is 2.97. The van der Waals surface area contributed by atoms with Crippen LogP contribution >= 0.6 is 0 Å². The van der Waals surface area contributed by atoms with Gasteiger partial charge >= 0.3 is 0 Å². The first-order valence-corrected chi connectivity index (χ1v) is 4.17. The standard InChI is InChI=1S/C9H12N4/c1-11-5-8-6-12-9-4-7(10)2-3-13(8)9/h2-4,6,11H,5,10H2,1H3. The fourth-order valence-electron chi connectivity index (χ4n) is 1.36. The Morgan fingerprint density at radius 1 is 1.62 bits per heavy atom. The van der Waals surface area contributed by atoms with Crippen molar-refractivity contribution in [3.05, 3.63) is 30.2 Å². The first kappa shape index (κ1) is 8.07. The highest BCUT2D eigenvalue weighted by atomic mass is 15.0. The smallest absolute Gasteiger partial charge is 0.138 e. The average Bonchev–Trinajstić information content (AvgIpc) is 2.49. The first-order chi connectivity index (χ1) is 6.31. The molecule has 0 saturated heterocycles. The molecule has 0 saturated carbocycles. The van der Waals surface area contributed by atoms with Gasteiger partial charge in [0.1, 0.15) is 5.65 Å². The van der Waals surface area contributed by atoms with Crippen molar-refractivity contribution >= 4 is 11.3 Å². The number of hydrogen-bond donors (Lipinski definition) is 2. The number of fused-ring (bicyclic) bond motifs is 1. The summed E-state index contributed by atoms with van der Waals surface area (Å²) in [6, 6.07) is 3.73. The average molecular weight is 176 g/mol. The van der Waals surface area contributed by atoms with Crippen molar-refractivity contribution in [2.75, 3.05) is 12.8 Å². The normalized spacial score (nSPS) is 10.8. The van der Waals surface area contributed by atoms with Gasteiger partial charge in [0.25, 0.3) is 0 Å². The third-order valence-electron chi connectivity index (χ3n) is 1.97. The molecule has 0 aliphatic rings. The molecule has 0 radical (unpaired) electrons. The molecule has 4 nitrogen and oxygen atoms in total. The van der Waals surface area contributed by atoms with E-state index >= 15 is 0 Å². The molecule has 3 N–H and O–H groups in total. The number of pyridine rings is 1. The van der Waals surface area contributed by atoms with Crippen LogP contribution in [0.4, 0.5) is 5.69 Å². The SMILES string of the molecule is CNCc1cnc2cc(N)ccn12. The molecule has 2 aromatic rings. The molecule has 0 atom stereocenters. The lowest BCUT2D eigenvalue weighted by Gasteiger charge is -2.00. The van der Waals surface area contributed by atoms with E-state index in [1.165, 1.54) is 0 Å². The Balaban J connectivity index is 2.55. The van der Waals surface area contributed by atoms with Crippen LogP contribution in [-0.4, -0.2) is 16.4 Å². The van der Waals surface area contributed by atoms with E-state index in [9.17, 15) is 0 Å². The second kappa shape index (κ2) is 3.06. The molecule has 0 fully saturated rings. The topological polar surface area (TPSA) is 55.3 Å². The fraction of sp³-hybridized carbons (Fsp3) is 0.222. The van der Waals surface area contributed by atoms with E-state index in [0.29, 0.717) is 0 Å². The molecule has 13 heavy (non-hydrogen) atoms. The maximum absolute atomic E-state index is 5.64. The summed E-state index contributed by atoms with van der Waals surface area (Å²) in [6.07, 6.45) is 3.79. The van der Waals surface area contributed by atoms with Crippen LogP contribution in [0.5, 0.6) is 0 Å². The van der Waals surface area contributed by atoms with Crippen LogP contribution in [0.15, 0.2) is 24.5 Å². The van der Waals surface area contributed by atoms with Crippen molar-refractivity contribution in [2.24, 2.45) is 0 Å². The van der Waals surface area contributed by atoms with Gasteiger partial charge in [-0.3, -0.25) is 0 Å². The minimum Gasteiger partial charge on any atom is -0.399 e. The molecule has 0 bridgehead atoms. The van der Waals surface area contributed by atoms with Crippen LogP contribution in [0.25, 0.3) is 5.65 Å². The number of aromatic nitrogens is 2. The van der Waals surface area contributed by atoms with Crippen LogP contribution in [-0.2, 0) is 6.54 Å². The van der Waals surface area contributed by atoms with Crippen LogP contribution in [0, 0.1) is 0 Å². The van der Waals surface area contributed by atoms with Crippen molar-refractivity contribution in [3.63, 3.8) is 0 Å². The third kappa shape index (κ3) is 1.36. The Bertz CT molecular complexity index is 418. The zero-order valence-corrected chi connectivity index (χ0v) is 7.49. The minimum absolute atomic E-state index is 0.745. The Kier molecular flexibility index (Phi) is 1.90. The molecule has 0 aliphatic heterocycles. The summed E-state index contributed by atoms with van der Waals surface area (Å²) in [6.45, 7) is 0.811. The van der Waals surface area contributed by atoms with Gasteiger partial charge in [-0.1, -0.05) is 0 Å². The number of anilines is 1. The van der Waals surface area contributed by atoms with Gasteiger partial charge in [0, 0.05) is 24.5 Å². The van der Waals surface area contributed by atoms with E-state index in [-0.39, 0.29) is 0 Å². The van der Waals surface area contributed by atoms with Crippen LogP contribution in [0.3, 0.4) is 0 Å². The number of nitrogens with two attached hydrogens (primary N) is 1. The van der Waals surface area contributed by atoms with Crippen molar-refractivity contribution in [3.8, 4) is 0 Å². The number of nitrogens with zero attached hydrogens (tertiary/aromatic N) is 2. The lowest BCUT2D eigenvalue weighted by atomic mass is 10.4. The van der Waals surface area contributed by atoms with Gasteiger partial charge in [0.2, 0.25) is 0 Å². The Hall–Kier alpha value is -1.55. The summed E-state index contributed by atoms with van der Waals surface area (Å²) in [5.41, 5.74) is 8.41. The second-order valence-corrected chi connectivity index (χ2v) is 2.97. The van der Waals surface area contributed by atoms with Crippen LogP contribution in [0.1, 0.15) is 5.69 Å². The summed E-state index contributed by atoms with van der Waals surface area (Å²) in [5, 5.41) is 3.08. The molecular formula is C9H12N4. The molecule has 68 valence electrons. The predicted octanol–water partition coefficient (Wildman–Crippen LogP) is 0.636. The van der Waals surface area contributed by atoms with Crippen molar-refractivity contribution in [1.82, 2.24) is 14.7 Å². The number of rotatable bonds is 2. The van der Waals surface area contributed by atoms with E-state index < -0.39 is 0 Å². The zero-order valence-electron chi connectivity index (χ0n) is 7.49. The highest BCUT2D eigenvalue weighted by Crippen LogP contribution is 2.10. The molecule has 0 unspecified atom stereocenters. The molecule has 0 aromatic carbocycles. The quantitative estimate of drug-likeness (QED) is 0.706. The van der Waals surface area contributed by atoms with E-state index in [1.807, 2.05) is 36.0 Å². The van der Waals surface area contributed by atoms with Gasteiger partial charge in [-0.15, -0.1) is 0 Å². The zero-order chi connectivity index (χ0) is 9.26. The molecule has 0 aliphatic carbocycles. The highest BCUT2D eigenvalue weighted by molar-refractivity contribution is 5.52. The summed E-state index contributed by atoms with van der Waals surface area (Å²) in [5.74, 6) is 0. The van der Waals surface area contributed by atoms with Gasteiger partial charge in [0.15, 0.2) is 0 Å². The predicted molar refractivity (Wildman–Crippen MR) is 52.4 cm³/mol. The van der Waals surface area contributed by atoms with Gasteiger partial charge in [-0.2, -0.15) is 0 Å². The Morgan fingerprint density at radius 3 is 3.23 bits per heavy atom. The van der Waals surface area contributed by atoms with Gasteiger partial charge in [-0.05, 0) is 13.1 Å². The summed E-state index contributed by atoms with van der Waals surface area (Å²) in [7, 11) is 1.91. The maximum atomic E-state index is 5.64. The van der Waals surface area contributed by atoms with E-state index in [2.05, 4.69) is 10.3 Å². The summed E-state index contributed by atoms with van der Waals surface area (Å²) < 4.78 is 2.02. The molecular weight excluding hydrogens is 164 g/mol. The molecule has 2 heterocycles. The molecule has 2 aromatic heterocycles. The number of nitrogen functional groups attached to an aromatic ring is 1. The van der Waals surface area contributed by atoms with Gasteiger partial charge in [0.05, 0.1) is 11.9 Å². The Labute approximate surface area is 76.4 Å². The molecule has 0 spiro atoms. The number of imidazole rings is 1. The van der Waals surface area contributed by atoms with Crippen LogP contribution < -0.4 is 11.1 Å². The van der Waals surface area contributed by atoms with E-state index in [0.717, 1.165) is 23.6 Å².